The molecule has 1 heterocycles. The van der Waals surface area contributed by atoms with Crippen molar-refractivity contribution in [2.45, 2.75) is 13.5 Å². The van der Waals surface area contributed by atoms with E-state index in [1.165, 1.54) is 18.3 Å². The Morgan fingerprint density at radius 1 is 1.09 bits per heavy atom. The van der Waals surface area contributed by atoms with Crippen molar-refractivity contribution in [3.63, 3.8) is 0 Å². The van der Waals surface area contributed by atoms with Gasteiger partial charge in [0.2, 0.25) is 0 Å². The lowest BCUT2D eigenvalue weighted by molar-refractivity contribution is 0.0929. The lowest BCUT2D eigenvalue weighted by Gasteiger charge is -2.14. The van der Waals surface area contributed by atoms with E-state index < -0.39 is 5.91 Å². The number of halogens is 2. The van der Waals surface area contributed by atoms with E-state index in [4.69, 9.17) is 13.9 Å². The van der Waals surface area contributed by atoms with Crippen molar-refractivity contribution in [2.24, 2.45) is 5.10 Å². The van der Waals surface area contributed by atoms with Crippen molar-refractivity contribution >= 4 is 39.0 Å². The fraction of sp³-hybridized carbons (Fsp3) is 0.120. The zero-order valence-corrected chi connectivity index (χ0v) is 19.3. The van der Waals surface area contributed by atoms with Crippen molar-refractivity contribution in [3.05, 3.63) is 93.9 Å². The Kier molecular flexibility index (Phi) is 7.04. The molecule has 0 spiro atoms. The van der Waals surface area contributed by atoms with Gasteiger partial charge in [0.05, 0.1) is 12.8 Å². The predicted octanol–water partition coefficient (Wildman–Crippen LogP) is 6.08. The van der Waals surface area contributed by atoms with E-state index in [1.807, 2.05) is 25.1 Å². The zero-order valence-electron chi connectivity index (χ0n) is 17.7. The van der Waals surface area contributed by atoms with Crippen LogP contribution in [0.5, 0.6) is 11.5 Å². The Balaban J connectivity index is 1.47. The van der Waals surface area contributed by atoms with Crippen LogP contribution in [0.3, 0.4) is 0 Å². The number of furan rings is 1. The second kappa shape index (κ2) is 10.3. The molecule has 0 radical (unpaired) electrons. The normalized spacial score (nSPS) is 11.1. The van der Waals surface area contributed by atoms with Crippen LogP contribution in [0.4, 0.5) is 4.39 Å². The summed E-state index contributed by atoms with van der Waals surface area (Å²) in [5.41, 5.74) is 4.46. The third-order valence-electron chi connectivity index (χ3n) is 4.67. The van der Waals surface area contributed by atoms with Gasteiger partial charge in [-0.05, 0) is 64.8 Å². The summed E-state index contributed by atoms with van der Waals surface area (Å²) in [6.07, 6.45) is 1.49. The minimum atomic E-state index is -0.460. The highest BCUT2D eigenvalue weighted by Crippen LogP contribution is 2.34. The molecule has 1 N–H and O–H groups in total. The number of ether oxygens (including phenoxy) is 2. The number of carbonyl (C=O) groups excluding carboxylic acids is 1. The average molecular weight is 511 g/mol. The van der Waals surface area contributed by atoms with Crippen molar-refractivity contribution in [3.8, 4) is 11.5 Å². The number of hydrogen-bond acceptors (Lipinski definition) is 5. The van der Waals surface area contributed by atoms with Crippen molar-refractivity contribution in [2.75, 3.05) is 6.61 Å². The van der Waals surface area contributed by atoms with Gasteiger partial charge in [0.1, 0.15) is 18.0 Å². The highest BCUT2D eigenvalue weighted by atomic mass is 79.9. The van der Waals surface area contributed by atoms with E-state index in [1.54, 1.807) is 36.4 Å². The first-order valence-corrected chi connectivity index (χ1v) is 11.0. The van der Waals surface area contributed by atoms with Gasteiger partial charge in [-0.15, -0.1) is 0 Å². The molecule has 0 bridgehead atoms. The summed E-state index contributed by atoms with van der Waals surface area (Å²) in [6, 6.07) is 18.7. The molecule has 0 fully saturated rings. The summed E-state index contributed by atoms with van der Waals surface area (Å²) in [4.78, 5) is 12.4. The molecule has 4 aromatic rings. The molecule has 33 heavy (non-hydrogen) atoms. The molecule has 0 aliphatic carbocycles. The molecular formula is C25H20BrFN2O4. The molecule has 0 aliphatic heterocycles. The molecule has 0 saturated carbocycles. The third kappa shape index (κ3) is 5.59. The topological polar surface area (TPSA) is 73.1 Å². The summed E-state index contributed by atoms with van der Waals surface area (Å²) in [5.74, 6) is 0.388. The van der Waals surface area contributed by atoms with Gasteiger partial charge in [-0.2, -0.15) is 5.10 Å². The number of rotatable bonds is 8. The molecule has 3 aromatic carbocycles. The van der Waals surface area contributed by atoms with Gasteiger partial charge in [-0.3, -0.25) is 4.79 Å². The Morgan fingerprint density at radius 2 is 1.91 bits per heavy atom. The Hall–Kier alpha value is -3.65. The number of benzene rings is 3. The SMILES string of the molecule is CCOc1cc(/C=N/NC(=O)c2cc3ccccc3o2)c(Br)cc1OCc1cccc(F)c1. The largest absolute Gasteiger partial charge is 0.490 e. The van der Waals surface area contributed by atoms with Crippen molar-refractivity contribution in [1.29, 1.82) is 0 Å². The lowest BCUT2D eigenvalue weighted by atomic mass is 10.2. The molecule has 6 nitrogen and oxygen atoms in total. The molecule has 0 atom stereocenters. The number of para-hydroxylation sites is 1. The van der Waals surface area contributed by atoms with Gasteiger partial charge in [0.15, 0.2) is 17.3 Å². The standard InChI is InChI=1S/C25H20BrFN2O4/c1-2-31-22-12-18(20(26)13-23(22)32-15-16-6-5-8-19(27)10-16)14-28-29-25(30)24-11-17-7-3-4-9-21(17)33-24/h3-14H,2,15H2,1H3,(H,29,30)/b28-14+. The van der Waals surface area contributed by atoms with Gasteiger partial charge in [0.25, 0.3) is 0 Å². The lowest BCUT2D eigenvalue weighted by Crippen LogP contribution is -2.16. The zero-order chi connectivity index (χ0) is 23.2. The number of carbonyl (C=O) groups is 1. The van der Waals surface area contributed by atoms with Gasteiger partial charge in [-0.1, -0.05) is 30.3 Å². The van der Waals surface area contributed by atoms with E-state index in [2.05, 4.69) is 26.5 Å². The van der Waals surface area contributed by atoms with E-state index >= 15 is 0 Å². The molecule has 0 aliphatic rings. The smallest absolute Gasteiger partial charge is 0.307 e. The van der Waals surface area contributed by atoms with Gasteiger partial charge < -0.3 is 13.9 Å². The van der Waals surface area contributed by atoms with E-state index in [9.17, 15) is 9.18 Å². The summed E-state index contributed by atoms with van der Waals surface area (Å²) < 4.78 is 31.2. The second-order valence-corrected chi connectivity index (χ2v) is 7.87. The van der Waals surface area contributed by atoms with Crippen LogP contribution in [0.2, 0.25) is 0 Å². The molecule has 0 unspecified atom stereocenters. The highest BCUT2D eigenvalue weighted by molar-refractivity contribution is 9.10. The number of amides is 1. The second-order valence-electron chi connectivity index (χ2n) is 7.02. The summed E-state index contributed by atoms with van der Waals surface area (Å²) in [6.45, 7) is 2.47. The molecule has 1 amide bonds. The number of nitrogens with one attached hydrogen (secondary N) is 1. The number of fused-ring (bicyclic) bond motifs is 1. The monoisotopic (exact) mass is 510 g/mol. The Labute approximate surface area is 198 Å². The quantitative estimate of drug-likeness (QED) is 0.230. The van der Waals surface area contributed by atoms with E-state index in [0.717, 1.165) is 5.39 Å². The molecule has 0 saturated heterocycles. The summed E-state index contributed by atoms with van der Waals surface area (Å²) in [5, 5.41) is 4.87. The summed E-state index contributed by atoms with van der Waals surface area (Å²) in [7, 11) is 0. The Bertz CT molecular complexity index is 1290. The van der Waals surface area contributed by atoms with Crippen LogP contribution in [0.15, 0.2) is 80.7 Å². The van der Waals surface area contributed by atoms with Crippen LogP contribution < -0.4 is 14.9 Å². The van der Waals surface area contributed by atoms with Crippen LogP contribution in [0.1, 0.15) is 28.6 Å². The van der Waals surface area contributed by atoms with Crippen LogP contribution in [-0.2, 0) is 6.61 Å². The minimum absolute atomic E-state index is 0.170. The molecule has 4 rings (SSSR count). The molecule has 8 heteroatoms. The Morgan fingerprint density at radius 3 is 2.70 bits per heavy atom. The van der Waals surface area contributed by atoms with Crippen LogP contribution in [0, 0.1) is 5.82 Å². The molecule has 1 aromatic heterocycles. The third-order valence-corrected chi connectivity index (χ3v) is 5.35. The number of hydrazone groups is 1. The maximum absolute atomic E-state index is 13.4. The van der Waals surface area contributed by atoms with Crippen molar-refractivity contribution < 1.29 is 23.1 Å². The van der Waals surface area contributed by atoms with Crippen LogP contribution >= 0.6 is 15.9 Å². The highest BCUT2D eigenvalue weighted by Gasteiger charge is 2.13. The summed E-state index contributed by atoms with van der Waals surface area (Å²) >= 11 is 3.49. The maximum atomic E-state index is 13.4. The first kappa shape index (κ1) is 22.5. The maximum Gasteiger partial charge on any atom is 0.307 e. The van der Waals surface area contributed by atoms with E-state index in [0.29, 0.717) is 39.3 Å². The van der Waals surface area contributed by atoms with Crippen LogP contribution in [0.25, 0.3) is 11.0 Å². The van der Waals surface area contributed by atoms with Gasteiger partial charge in [-0.25, -0.2) is 9.82 Å². The van der Waals surface area contributed by atoms with Crippen LogP contribution in [-0.4, -0.2) is 18.7 Å². The average Bonchev–Trinajstić information content (AvgIpc) is 3.24. The first-order chi connectivity index (χ1) is 16.0. The van der Waals surface area contributed by atoms with Gasteiger partial charge in [0, 0.05) is 15.4 Å². The minimum Gasteiger partial charge on any atom is -0.490 e. The first-order valence-electron chi connectivity index (χ1n) is 10.2. The molecule has 168 valence electrons. The fourth-order valence-corrected chi connectivity index (χ4v) is 3.55. The predicted molar refractivity (Wildman–Crippen MR) is 127 cm³/mol. The van der Waals surface area contributed by atoms with E-state index in [-0.39, 0.29) is 18.2 Å². The number of hydrogen-bond donors (Lipinski definition) is 1. The molecular weight excluding hydrogens is 491 g/mol. The van der Waals surface area contributed by atoms with Gasteiger partial charge >= 0.3 is 5.91 Å². The number of nitrogens with zero attached hydrogens (tertiary/aromatic N) is 1. The van der Waals surface area contributed by atoms with Crippen molar-refractivity contribution in [1.82, 2.24) is 5.43 Å². The fourth-order valence-electron chi connectivity index (χ4n) is 3.13.